The van der Waals surface area contributed by atoms with Crippen molar-refractivity contribution in [3.05, 3.63) is 35.3 Å². The van der Waals surface area contributed by atoms with Crippen molar-refractivity contribution in [2.75, 3.05) is 0 Å². The maximum Gasteiger partial charge on any atom is 0.265 e. The van der Waals surface area contributed by atoms with Gasteiger partial charge < -0.3 is 16.5 Å². The first-order valence-corrected chi connectivity index (χ1v) is 4.41. The lowest BCUT2D eigenvalue weighted by Gasteiger charge is -1.95. The first-order chi connectivity index (χ1) is 7.50. The minimum Gasteiger partial charge on any atom is -0.366 e. The molecule has 0 atom stereocenters. The first kappa shape index (κ1) is 10.2. The maximum absolute atomic E-state index is 13.0. The van der Waals surface area contributed by atoms with E-state index in [2.05, 4.69) is 4.98 Å². The van der Waals surface area contributed by atoms with Crippen molar-refractivity contribution in [2.24, 2.45) is 11.5 Å². The SMILES string of the molecule is NC(=O)c1[nH]c2ccc(F)cc2c1C(N)=O. The van der Waals surface area contributed by atoms with Gasteiger partial charge in [-0.15, -0.1) is 0 Å². The highest BCUT2D eigenvalue weighted by molar-refractivity contribution is 6.14. The summed E-state index contributed by atoms with van der Waals surface area (Å²) < 4.78 is 13.0. The van der Waals surface area contributed by atoms with E-state index >= 15 is 0 Å². The molecule has 0 radical (unpaired) electrons. The van der Waals surface area contributed by atoms with Crippen LogP contribution in [0.2, 0.25) is 0 Å². The van der Waals surface area contributed by atoms with E-state index < -0.39 is 17.6 Å². The largest absolute Gasteiger partial charge is 0.366 e. The van der Waals surface area contributed by atoms with E-state index in [4.69, 9.17) is 11.5 Å². The molecule has 0 unspecified atom stereocenters. The van der Waals surface area contributed by atoms with Crippen molar-refractivity contribution in [1.29, 1.82) is 0 Å². The molecule has 1 heterocycles. The molecule has 0 bridgehead atoms. The molecule has 0 saturated heterocycles. The van der Waals surface area contributed by atoms with Crippen LogP contribution in [0.25, 0.3) is 10.9 Å². The zero-order chi connectivity index (χ0) is 11.9. The maximum atomic E-state index is 13.0. The van der Waals surface area contributed by atoms with Gasteiger partial charge in [0.1, 0.15) is 11.5 Å². The molecule has 6 heteroatoms. The Morgan fingerprint density at radius 1 is 1.19 bits per heavy atom. The molecule has 0 saturated carbocycles. The molecule has 2 amide bonds. The number of primary amides is 2. The molecule has 16 heavy (non-hydrogen) atoms. The number of carbonyl (C=O) groups is 2. The summed E-state index contributed by atoms with van der Waals surface area (Å²) in [5, 5.41) is 0.251. The van der Waals surface area contributed by atoms with Crippen LogP contribution in [-0.4, -0.2) is 16.8 Å². The van der Waals surface area contributed by atoms with Crippen LogP contribution in [0, 0.1) is 5.82 Å². The lowest BCUT2D eigenvalue weighted by Crippen LogP contribution is -2.19. The number of fused-ring (bicyclic) bond motifs is 1. The van der Waals surface area contributed by atoms with Crippen molar-refractivity contribution in [2.45, 2.75) is 0 Å². The number of H-pyrrole nitrogens is 1. The number of benzene rings is 1. The van der Waals surface area contributed by atoms with Gasteiger partial charge in [-0.2, -0.15) is 0 Å². The third-order valence-corrected chi connectivity index (χ3v) is 2.25. The van der Waals surface area contributed by atoms with Crippen LogP contribution < -0.4 is 11.5 Å². The topological polar surface area (TPSA) is 102 Å². The van der Waals surface area contributed by atoms with Crippen LogP contribution in [0.5, 0.6) is 0 Å². The Hall–Kier alpha value is -2.37. The van der Waals surface area contributed by atoms with E-state index in [1.54, 1.807) is 0 Å². The van der Waals surface area contributed by atoms with Crippen molar-refractivity contribution < 1.29 is 14.0 Å². The van der Waals surface area contributed by atoms with Crippen LogP contribution in [-0.2, 0) is 0 Å². The molecule has 82 valence electrons. The summed E-state index contributed by atoms with van der Waals surface area (Å²) in [7, 11) is 0. The average Bonchev–Trinajstić information content (AvgIpc) is 2.55. The molecule has 5 N–H and O–H groups in total. The Morgan fingerprint density at radius 3 is 2.44 bits per heavy atom. The van der Waals surface area contributed by atoms with E-state index in [1.165, 1.54) is 12.1 Å². The molecule has 1 aromatic heterocycles. The number of nitrogens with two attached hydrogens (primary N) is 2. The smallest absolute Gasteiger partial charge is 0.265 e. The fraction of sp³-hybridized carbons (Fsp3) is 0. The first-order valence-electron chi connectivity index (χ1n) is 4.41. The van der Waals surface area contributed by atoms with E-state index in [0.29, 0.717) is 5.52 Å². The minimum atomic E-state index is -0.828. The number of aromatic amines is 1. The Balaban J connectivity index is 2.88. The second-order valence-electron chi connectivity index (χ2n) is 3.29. The number of halogens is 1. The summed E-state index contributed by atoms with van der Waals surface area (Å²) in [6.07, 6.45) is 0. The summed E-state index contributed by atoms with van der Waals surface area (Å²) in [6, 6.07) is 3.73. The fourth-order valence-corrected chi connectivity index (χ4v) is 1.60. The monoisotopic (exact) mass is 221 g/mol. The molecule has 0 spiro atoms. The summed E-state index contributed by atoms with van der Waals surface area (Å²) >= 11 is 0. The summed E-state index contributed by atoms with van der Waals surface area (Å²) in [6.45, 7) is 0. The van der Waals surface area contributed by atoms with Gasteiger partial charge in [0.25, 0.3) is 11.8 Å². The van der Waals surface area contributed by atoms with Crippen molar-refractivity contribution in [3.63, 3.8) is 0 Å². The lowest BCUT2D eigenvalue weighted by atomic mass is 10.1. The van der Waals surface area contributed by atoms with Crippen LogP contribution >= 0.6 is 0 Å². The molecule has 0 aliphatic rings. The number of hydrogen-bond donors (Lipinski definition) is 3. The number of carbonyl (C=O) groups excluding carboxylic acids is 2. The van der Waals surface area contributed by atoms with Crippen molar-refractivity contribution >= 4 is 22.7 Å². The molecular weight excluding hydrogens is 213 g/mol. The third-order valence-electron chi connectivity index (χ3n) is 2.25. The Morgan fingerprint density at radius 2 is 1.88 bits per heavy atom. The van der Waals surface area contributed by atoms with Gasteiger partial charge in [0, 0.05) is 10.9 Å². The number of rotatable bonds is 2. The Labute approximate surface area is 89.2 Å². The molecule has 0 fully saturated rings. The number of hydrogen-bond acceptors (Lipinski definition) is 2. The van der Waals surface area contributed by atoms with E-state index in [9.17, 15) is 14.0 Å². The van der Waals surface area contributed by atoms with Gasteiger partial charge in [0.15, 0.2) is 0 Å². The second kappa shape index (κ2) is 3.34. The third kappa shape index (κ3) is 1.40. The molecular formula is C10H8FN3O2. The predicted octanol–water partition coefficient (Wildman–Crippen LogP) is 0.505. The van der Waals surface area contributed by atoms with Crippen molar-refractivity contribution in [1.82, 2.24) is 4.98 Å². The van der Waals surface area contributed by atoms with Crippen LogP contribution in [0.3, 0.4) is 0 Å². The molecule has 1 aromatic carbocycles. The standard InChI is InChI=1S/C10H8FN3O2/c11-4-1-2-6-5(3-4)7(9(12)15)8(14-6)10(13)16/h1-3,14H,(H2,12,15)(H2,13,16). The molecule has 2 aromatic rings. The number of nitrogens with one attached hydrogen (secondary N) is 1. The molecule has 0 aliphatic carbocycles. The summed E-state index contributed by atoms with van der Waals surface area (Å²) in [5.41, 5.74) is 10.5. The van der Waals surface area contributed by atoms with Gasteiger partial charge in [0.2, 0.25) is 0 Å². The summed E-state index contributed by atoms with van der Waals surface area (Å²) in [4.78, 5) is 24.9. The average molecular weight is 221 g/mol. The highest BCUT2D eigenvalue weighted by Gasteiger charge is 2.19. The van der Waals surface area contributed by atoms with Gasteiger partial charge in [-0.3, -0.25) is 9.59 Å². The lowest BCUT2D eigenvalue weighted by molar-refractivity contribution is 0.0966. The molecule has 0 aliphatic heterocycles. The van der Waals surface area contributed by atoms with Crippen molar-refractivity contribution in [3.8, 4) is 0 Å². The molecule has 5 nitrogen and oxygen atoms in total. The molecule has 2 rings (SSSR count). The van der Waals surface area contributed by atoms with Crippen LogP contribution in [0.15, 0.2) is 18.2 Å². The summed E-state index contributed by atoms with van der Waals surface area (Å²) in [5.74, 6) is -2.17. The Kier molecular flexibility index (Phi) is 2.12. The minimum absolute atomic E-state index is 0.0815. The van der Waals surface area contributed by atoms with Gasteiger partial charge in [0.05, 0.1) is 5.56 Å². The highest BCUT2D eigenvalue weighted by Crippen LogP contribution is 2.22. The van der Waals surface area contributed by atoms with E-state index in [0.717, 1.165) is 6.07 Å². The zero-order valence-electron chi connectivity index (χ0n) is 8.08. The number of amides is 2. The Bertz CT molecular complexity index is 603. The number of aromatic nitrogens is 1. The van der Waals surface area contributed by atoms with Gasteiger partial charge in [-0.1, -0.05) is 0 Å². The van der Waals surface area contributed by atoms with Gasteiger partial charge in [-0.25, -0.2) is 4.39 Å². The van der Waals surface area contributed by atoms with Crippen LogP contribution in [0.4, 0.5) is 4.39 Å². The normalized spacial score (nSPS) is 10.6. The fourth-order valence-electron chi connectivity index (χ4n) is 1.60. The highest BCUT2D eigenvalue weighted by atomic mass is 19.1. The predicted molar refractivity (Wildman–Crippen MR) is 55.3 cm³/mol. The van der Waals surface area contributed by atoms with Gasteiger partial charge >= 0.3 is 0 Å². The van der Waals surface area contributed by atoms with E-state index in [1.807, 2.05) is 0 Å². The van der Waals surface area contributed by atoms with Gasteiger partial charge in [-0.05, 0) is 18.2 Å². The second-order valence-corrected chi connectivity index (χ2v) is 3.29. The quantitative estimate of drug-likeness (QED) is 0.687. The zero-order valence-corrected chi connectivity index (χ0v) is 8.08. The van der Waals surface area contributed by atoms with Crippen LogP contribution in [0.1, 0.15) is 20.8 Å². The van der Waals surface area contributed by atoms with E-state index in [-0.39, 0.29) is 16.6 Å².